The van der Waals surface area contributed by atoms with E-state index in [1.165, 1.54) is 22.7 Å². The molecule has 0 aromatic heterocycles. The second-order valence-corrected chi connectivity index (χ2v) is 14.2. The Balaban J connectivity index is 1.89. The molecule has 0 bridgehead atoms. The Labute approximate surface area is 237 Å². The molecule has 206 valence electrons. The predicted octanol–water partition coefficient (Wildman–Crippen LogP) is 6.15. The normalized spacial score (nSPS) is 25.2. The van der Waals surface area contributed by atoms with Gasteiger partial charge in [0.05, 0.1) is 11.5 Å². The van der Waals surface area contributed by atoms with Gasteiger partial charge in [-0.3, -0.25) is 4.79 Å². The number of allylic oxidation sites excluding steroid dienone is 1. The van der Waals surface area contributed by atoms with E-state index in [1.54, 1.807) is 7.05 Å². The van der Waals surface area contributed by atoms with Gasteiger partial charge in [0.15, 0.2) is 0 Å². The van der Waals surface area contributed by atoms with Crippen LogP contribution >= 0.6 is 23.2 Å². The van der Waals surface area contributed by atoms with Gasteiger partial charge >= 0.3 is 0 Å². The van der Waals surface area contributed by atoms with Crippen molar-refractivity contribution in [2.75, 3.05) is 27.7 Å². The number of likely N-dealkylation sites (tertiary alicyclic amines) is 1. The Morgan fingerprint density at radius 1 is 1.08 bits per heavy atom. The maximum absolute atomic E-state index is 14.5. The fourth-order valence-corrected chi connectivity index (χ4v) is 7.06. The molecule has 2 aromatic rings. The summed E-state index contributed by atoms with van der Waals surface area (Å²) in [6.07, 6.45) is 4.86. The molecule has 38 heavy (non-hydrogen) atoms. The maximum atomic E-state index is 14.5. The lowest BCUT2D eigenvalue weighted by Crippen LogP contribution is -2.59. The van der Waals surface area contributed by atoms with Gasteiger partial charge in [0.25, 0.3) is 10.2 Å². The van der Waals surface area contributed by atoms with E-state index in [0.29, 0.717) is 22.9 Å². The summed E-state index contributed by atoms with van der Waals surface area (Å²) in [5, 5.41) is 1.26. The zero-order valence-electron chi connectivity index (χ0n) is 22.5. The molecular formula is C29H37Cl2N3O3S. The van der Waals surface area contributed by atoms with Crippen LogP contribution in [0.25, 0.3) is 0 Å². The van der Waals surface area contributed by atoms with Gasteiger partial charge in [0.1, 0.15) is 0 Å². The van der Waals surface area contributed by atoms with Crippen molar-refractivity contribution in [2.45, 2.75) is 50.6 Å². The molecular weight excluding hydrogens is 541 g/mol. The van der Waals surface area contributed by atoms with E-state index in [2.05, 4.69) is 12.6 Å². The number of hydrogen-bond donors (Lipinski definition) is 0. The third-order valence-electron chi connectivity index (χ3n) is 8.01. The molecule has 4 unspecified atom stereocenters. The van der Waals surface area contributed by atoms with E-state index in [4.69, 9.17) is 23.2 Å². The number of carbonyl (C=O) groups excluding carboxylic acids is 1. The quantitative estimate of drug-likeness (QED) is 0.318. The van der Waals surface area contributed by atoms with Crippen LogP contribution < -0.4 is 0 Å². The minimum absolute atomic E-state index is 0.0307. The molecule has 2 fully saturated rings. The van der Waals surface area contributed by atoms with Crippen molar-refractivity contribution in [1.82, 2.24) is 13.5 Å². The van der Waals surface area contributed by atoms with Crippen LogP contribution in [0.5, 0.6) is 0 Å². The van der Waals surface area contributed by atoms with Crippen molar-refractivity contribution in [3.63, 3.8) is 0 Å². The summed E-state index contributed by atoms with van der Waals surface area (Å²) in [5.74, 6) is 0.192. The van der Waals surface area contributed by atoms with Crippen LogP contribution in [0.4, 0.5) is 0 Å². The summed E-state index contributed by atoms with van der Waals surface area (Å²) < 4.78 is 28.6. The second-order valence-electron chi connectivity index (χ2n) is 11.1. The van der Waals surface area contributed by atoms with Crippen LogP contribution in [0.2, 0.25) is 10.0 Å². The highest BCUT2D eigenvalue weighted by Crippen LogP contribution is 2.54. The Morgan fingerprint density at radius 3 is 2.29 bits per heavy atom. The van der Waals surface area contributed by atoms with Gasteiger partial charge in [-0.1, -0.05) is 60.5 Å². The number of carbonyl (C=O) groups is 1. The Morgan fingerprint density at radius 2 is 1.74 bits per heavy atom. The van der Waals surface area contributed by atoms with Crippen molar-refractivity contribution in [2.24, 2.45) is 11.3 Å². The van der Waals surface area contributed by atoms with E-state index in [9.17, 15) is 13.2 Å². The largest absolute Gasteiger partial charge is 0.330 e. The number of amides is 1. The lowest BCUT2D eigenvalue weighted by atomic mass is 9.67. The van der Waals surface area contributed by atoms with Crippen molar-refractivity contribution < 1.29 is 13.2 Å². The molecule has 0 spiro atoms. The van der Waals surface area contributed by atoms with Crippen LogP contribution in [-0.2, 0) is 15.0 Å². The minimum Gasteiger partial charge on any atom is -0.330 e. The lowest BCUT2D eigenvalue weighted by Gasteiger charge is -2.52. The average molecular weight is 579 g/mol. The van der Waals surface area contributed by atoms with E-state index < -0.39 is 15.6 Å². The molecule has 4 atom stereocenters. The zero-order valence-corrected chi connectivity index (χ0v) is 24.8. The van der Waals surface area contributed by atoms with E-state index in [0.717, 1.165) is 24.0 Å². The third-order valence-corrected chi connectivity index (χ3v) is 10.4. The number of likely N-dealkylation sites (N-methyl/N-ethyl adjacent to an activating group) is 1. The van der Waals surface area contributed by atoms with Crippen molar-refractivity contribution in [1.29, 1.82) is 0 Å². The van der Waals surface area contributed by atoms with Crippen LogP contribution in [0.15, 0.2) is 61.2 Å². The number of piperidine rings is 1. The average Bonchev–Trinajstić information content (AvgIpc) is 3.70. The third kappa shape index (κ3) is 5.82. The van der Waals surface area contributed by atoms with Crippen molar-refractivity contribution >= 4 is 39.3 Å². The summed E-state index contributed by atoms with van der Waals surface area (Å²) in [7, 11) is 0.986. The van der Waals surface area contributed by atoms with Crippen LogP contribution in [0, 0.1) is 11.3 Å². The molecule has 2 aliphatic rings. The lowest BCUT2D eigenvalue weighted by molar-refractivity contribution is -0.155. The maximum Gasteiger partial charge on any atom is 0.281 e. The molecule has 1 heterocycles. The molecule has 4 rings (SSSR count). The monoisotopic (exact) mass is 577 g/mol. The van der Waals surface area contributed by atoms with Gasteiger partial charge in [-0.2, -0.15) is 17.0 Å². The summed E-state index contributed by atoms with van der Waals surface area (Å²) in [6, 6.07) is 14.9. The van der Waals surface area contributed by atoms with Gasteiger partial charge in [0.2, 0.25) is 5.91 Å². The zero-order chi connectivity index (χ0) is 27.8. The number of hydrogen-bond acceptors (Lipinski definition) is 3. The summed E-state index contributed by atoms with van der Waals surface area (Å²) in [4.78, 5) is 16.5. The van der Waals surface area contributed by atoms with Crippen molar-refractivity contribution in [3.05, 3.63) is 82.4 Å². The highest BCUT2D eigenvalue weighted by atomic mass is 35.5. The predicted molar refractivity (Wildman–Crippen MR) is 155 cm³/mol. The van der Waals surface area contributed by atoms with E-state index in [-0.39, 0.29) is 36.4 Å². The first-order valence-electron chi connectivity index (χ1n) is 13.0. The fraction of sp³-hybridized carbons (Fsp3) is 0.483. The first-order chi connectivity index (χ1) is 17.9. The number of rotatable bonds is 10. The minimum atomic E-state index is -3.65. The van der Waals surface area contributed by atoms with Gasteiger partial charge < -0.3 is 4.90 Å². The number of benzene rings is 2. The molecule has 1 aliphatic carbocycles. The van der Waals surface area contributed by atoms with E-state index in [1.807, 2.05) is 60.4 Å². The number of nitrogens with zero attached hydrogens (tertiary/aromatic N) is 3. The molecule has 6 nitrogen and oxygen atoms in total. The smallest absolute Gasteiger partial charge is 0.281 e. The van der Waals surface area contributed by atoms with Crippen molar-refractivity contribution in [3.8, 4) is 0 Å². The molecule has 1 amide bonds. The highest BCUT2D eigenvalue weighted by molar-refractivity contribution is 7.86. The van der Waals surface area contributed by atoms with E-state index >= 15 is 0 Å². The fourth-order valence-electron chi connectivity index (χ4n) is 5.83. The molecule has 0 N–H and O–H groups in total. The molecule has 1 saturated carbocycles. The Hall–Kier alpha value is -1.90. The molecule has 1 aliphatic heterocycles. The first kappa shape index (κ1) is 29.1. The molecule has 1 saturated heterocycles. The van der Waals surface area contributed by atoms with Crippen LogP contribution in [0.1, 0.15) is 55.7 Å². The molecule has 0 radical (unpaired) electrons. The van der Waals surface area contributed by atoms with Gasteiger partial charge in [-0.25, -0.2) is 0 Å². The summed E-state index contributed by atoms with van der Waals surface area (Å²) in [6.45, 7) is 6.17. The molecule has 9 heteroatoms. The van der Waals surface area contributed by atoms with Gasteiger partial charge in [-0.05, 0) is 67.0 Å². The summed E-state index contributed by atoms with van der Waals surface area (Å²) >= 11 is 12.7. The molecule has 2 aromatic carbocycles. The topological polar surface area (TPSA) is 60.9 Å². The van der Waals surface area contributed by atoms with Gasteiger partial charge in [-0.15, -0.1) is 6.58 Å². The van der Waals surface area contributed by atoms with Crippen LogP contribution in [-0.4, -0.2) is 61.6 Å². The first-order valence-corrected chi connectivity index (χ1v) is 15.1. The SMILES string of the molecule is C=CCC1(C)CC(c2cccc(Cl)c2)C(c2ccc(Cl)cc2)N(C(CN(C)S(=O)(=O)N(C)C)C2CC2)C1=O. The summed E-state index contributed by atoms with van der Waals surface area (Å²) in [5.41, 5.74) is 1.33. The Bertz CT molecular complexity index is 1280. The second kappa shape index (κ2) is 11.3. The van der Waals surface area contributed by atoms with Crippen LogP contribution in [0.3, 0.4) is 0 Å². The number of halogens is 2. The standard InChI is InChI=1S/C29H37Cl2N3O3S/c1-6-16-29(2)18-25(22-8-7-9-24(31)17-22)27(21-12-14-23(30)15-13-21)34(28(29)35)26(20-10-11-20)19-33(5)38(36,37)32(3)4/h6-9,12-15,17,20,25-27H,1,10-11,16,18-19H2,2-5H3. The Kier molecular flexibility index (Phi) is 8.65. The van der Waals surface area contributed by atoms with Gasteiger partial charge in [0, 0.05) is 49.7 Å². The highest BCUT2D eigenvalue weighted by Gasteiger charge is 2.53.